The van der Waals surface area contributed by atoms with Crippen molar-refractivity contribution in [3.8, 4) is 17.6 Å². The number of nitrogen functional groups attached to an aromatic ring is 1. The number of carbonyl (C=O) groups is 3. The molecular formula is C38H54N6O6. The fourth-order valence-corrected chi connectivity index (χ4v) is 6.13. The fraction of sp³-hybridized carbons (Fsp3) is 0.500. The van der Waals surface area contributed by atoms with Crippen LogP contribution in [-0.4, -0.2) is 106 Å². The Morgan fingerprint density at radius 2 is 1.92 bits per heavy atom. The van der Waals surface area contributed by atoms with Gasteiger partial charge in [0.05, 0.1) is 44.4 Å². The summed E-state index contributed by atoms with van der Waals surface area (Å²) in [5.41, 5.74) is 16.2. The minimum Gasteiger partial charge on any atom is -0.495 e. The number of hydrogen-bond acceptors (Lipinski definition) is 11. The minimum atomic E-state index is -0.466. The van der Waals surface area contributed by atoms with E-state index in [0.29, 0.717) is 73.9 Å². The maximum Gasteiger partial charge on any atom is 0.219 e. The van der Waals surface area contributed by atoms with Gasteiger partial charge in [0.1, 0.15) is 18.3 Å². The molecule has 1 amide bonds. The molecule has 272 valence electrons. The van der Waals surface area contributed by atoms with Crippen LogP contribution in [0, 0.1) is 11.8 Å². The molecule has 12 nitrogen and oxygen atoms in total. The lowest BCUT2D eigenvalue weighted by Crippen LogP contribution is -2.44. The highest BCUT2D eigenvalue weighted by atomic mass is 16.5. The Balaban J connectivity index is 1.45. The number of aldehydes is 2. The van der Waals surface area contributed by atoms with Crippen LogP contribution in [0.1, 0.15) is 72.0 Å². The Morgan fingerprint density at radius 1 is 1.14 bits per heavy atom. The van der Waals surface area contributed by atoms with Crippen LogP contribution in [0.15, 0.2) is 42.6 Å². The summed E-state index contributed by atoms with van der Waals surface area (Å²) in [6.45, 7) is 2.74. The van der Waals surface area contributed by atoms with E-state index in [9.17, 15) is 19.5 Å². The number of nitrogens with zero attached hydrogens (tertiary/aromatic N) is 2. The van der Waals surface area contributed by atoms with E-state index in [1.165, 1.54) is 0 Å². The first-order chi connectivity index (χ1) is 24.2. The summed E-state index contributed by atoms with van der Waals surface area (Å²) in [5.74, 6) is 6.81. The number of likely N-dealkylation sites (N-methyl/N-ethyl adjacent to an activating group) is 1. The van der Waals surface area contributed by atoms with Crippen molar-refractivity contribution in [2.75, 3.05) is 59.8 Å². The summed E-state index contributed by atoms with van der Waals surface area (Å²) >= 11 is 0. The number of nitrogens with two attached hydrogens (primary N) is 2. The standard InChI is InChI=1S/C38H54N6O6/c1-41-38(48)17-15-33(27-47)43(2)25-34-28(8-6-9-30(34)26-46)7-4-5-21-50-22-19-44(18-20-45)32-13-11-31(12-14-32)42-24-36(40)29-10-16-35(39)37(23-29)49-3/h6,8-10,16,23-24,26-27,31-33,42,45H,5,11-15,17-22,25,39-40H2,1-3H3,(H,41,48)/b36-24-. The molecule has 1 unspecified atom stereocenters. The van der Waals surface area contributed by atoms with E-state index in [2.05, 4.69) is 27.4 Å². The molecule has 1 aliphatic rings. The number of carbonyl (C=O) groups excluding carboxylic acids is 3. The van der Waals surface area contributed by atoms with E-state index >= 15 is 0 Å². The Kier molecular flexibility index (Phi) is 17.3. The van der Waals surface area contributed by atoms with Crippen LogP contribution in [0.2, 0.25) is 0 Å². The molecule has 0 bridgehead atoms. The fourth-order valence-electron chi connectivity index (χ4n) is 6.13. The van der Waals surface area contributed by atoms with E-state index in [1.807, 2.05) is 29.3 Å². The predicted octanol–water partition coefficient (Wildman–Crippen LogP) is 2.53. The zero-order valence-electron chi connectivity index (χ0n) is 29.7. The molecule has 0 saturated heterocycles. The molecule has 2 aromatic carbocycles. The highest BCUT2D eigenvalue weighted by molar-refractivity contribution is 5.79. The number of anilines is 1. The van der Waals surface area contributed by atoms with Gasteiger partial charge in [-0.2, -0.15) is 0 Å². The topological polar surface area (TPSA) is 172 Å². The largest absolute Gasteiger partial charge is 0.495 e. The second-order valence-corrected chi connectivity index (χ2v) is 12.5. The van der Waals surface area contributed by atoms with Gasteiger partial charge in [-0.3, -0.25) is 19.4 Å². The SMILES string of the molecule is CNC(=O)CCC(C=O)N(C)Cc1c(C#CCCOCCN(CCO)C2CCC(N/C=C(\N)c3ccc(N)c(OC)c3)CC2)cccc1C=O. The molecule has 1 atom stereocenters. The number of amides is 1. The van der Waals surface area contributed by atoms with Crippen molar-refractivity contribution < 1.29 is 29.0 Å². The minimum absolute atomic E-state index is 0.0903. The van der Waals surface area contributed by atoms with E-state index in [4.69, 9.17) is 20.9 Å². The molecule has 12 heteroatoms. The lowest BCUT2D eigenvalue weighted by molar-refractivity contribution is -0.121. The van der Waals surface area contributed by atoms with Crippen LogP contribution in [0.4, 0.5) is 5.69 Å². The number of benzene rings is 2. The van der Waals surface area contributed by atoms with Crippen LogP contribution in [0.3, 0.4) is 0 Å². The van der Waals surface area contributed by atoms with Gasteiger partial charge in [-0.15, -0.1) is 0 Å². The maximum atomic E-state index is 11.8. The third-order valence-corrected chi connectivity index (χ3v) is 9.17. The summed E-state index contributed by atoms with van der Waals surface area (Å²) in [5, 5.41) is 15.8. The van der Waals surface area contributed by atoms with Gasteiger partial charge in [0.2, 0.25) is 5.91 Å². The first-order valence-corrected chi connectivity index (χ1v) is 17.2. The lowest BCUT2D eigenvalue weighted by Gasteiger charge is -2.36. The van der Waals surface area contributed by atoms with Crippen molar-refractivity contribution in [1.82, 2.24) is 20.4 Å². The molecule has 1 fully saturated rings. The summed E-state index contributed by atoms with van der Waals surface area (Å²) in [6.07, 6.45) is 8.61. The third-order valence-electron chi connectivity index (χ3n) is 9.17. The summed E-state index contributed by atoms with van der Waals surface area (Å²) in [4.78, 5) is 39.4. The normalized spacial score (nSPS) is 16.7. The second kappa shape index (κ2) is 21.6. The van der Waals surface area contributed by atoms with Crippen LogP contribution < -0.4 is 26.8 Å². The number of rotatable bonds is 20. The molecule has 0 aromatic heterocycles. The number of methoxy groups -OCH3 is 1. The van der Waals surface area contributed by atoms with Crippen LogP contribution in [0.25, 0.3) is 5.70 Å². The lowest BCUT2D eigenvalue weighted by atomic mass is 9.90. The number of nitrogens with one attached hydrogen (secondary N) is 2. The zero-order valence-corrected chi connectivity index (χ0v) is 29.7. The first-order valence-electron chi connectivity index (χ1n) is 17.2. The third kappa shape index (κ3) is 12.5. The van der Waals surface area contributed by atoms with E-state index in [-0.39, 0.29) is 18.9 Å². The summed E-state index contributed by atoms with van der Waals surface area (Å²) < 4.78 is 11.2. The highest BCUT2D eigenvalue weighted by Gasteiger charge is 2.25. The summed E-state index contributed by atoms with van der Waals surface area (Å²) in [6, 6.07) is 11.1. The van der Waals surface area contributed by atoms with Gasteiger partial charge < -0.3 is 41.5 Å². The number of aliphatic hydroxyl groups is 1. The van der Waals surface area contributed by atoms with E-state index in [0.717, 1.165) is 61.5 Å². The van der Waals surface area contributed by atoms with Gasteiger partial charge in [0.15, 0.2) is 0 Å². The van der Waals surface area contributed by atoms with Gasteiger partial charge >= 0.3 is 0 Å². The molecule has 0 aliphatic heterocycles. The Bertz CT molecular complexity index is 1480. The molecule has 2 aromatic rings. The van der Waals surface area contributed by atoms with Gasteiger partial charge in [-0.1, -0.05) is 30.0 Å². The van der Waals surface area contributed by atoms with Crippen molar-refractivity contribution in [2.45, 2.75) is 69.6 Å². The molecule has 1 aliphatic carbocycles. The van der Waals surface area contributed by atoms with Crippen LogP contribution >= 0.6 is 0 Å². The number of ether oxygens (including phenoxy) is 2. The molecule has 1 saturated carbocycles. The van der Waals surface area contributed by atoms with Gasteiger partial charge in [0, 0.05) is 74.5 Å². The average Bonchev–Trinajstić information content (AvgIpc) is 3.13. The predicted molar refractivity (Wildman–Crippen MR) is 196 cm³/mol. The first kappa shape index (κ1) is 40.0. The van der Waals surface area contributed by atoms with E-state index in [1.54, 1.807) is 39.4 Å². The van der Waals surface area contributed by atoms with Crippen molar-refractivity contribution in [3.63, 3.8) is 0 Å². The molecule has 0 spiro atoms. The maximum absolute atomic E-state index is 11.8. The molecule has 3 rings (SSSR count). The number of aliphatic hydroxyl groups excluding tert-OH is 1. The van der Waals surface area contributed by atoms with Crippen molar-refractivity contribution in [3.05, 3.63) is 64.9 Å². The van der Waals surface area contributed by atoms with Gasteiger partial charge in [0.25, 0.3) is 0 Å². The quantitative estimate of drug-likeness (QED) is 0.0599. The molecule has 7 N–H and O–H groups in total. The molecule has 50 heavy (non-hydrogen) atoms. The van der Waals surface area contributed by atoms with Crippen molar-refractivity contribution >= 4 is 29.9 Å². The second-order valence-electron chi connectivity index (χ2n) is 12.5. The van der Waals surface area contributed by atoms with Crippen LogP contribution in [0.5, 0.6) is 5.75 Å². The van der Waals surface area contributed by atoms with Crippen LogP contribution in [-0.2, 0) is 20.9 Å². The Labute approximate surface area is 296 Å². The molecule has 0 heterocycles. The molecule has 0 radical (unpaired) electrons. The molecular weight excluding hydrogens is 636 g/mol. The van der Waals surface area contributed by atoms with Gasteiger partial charge in [-0.05, 0) is 62.9 Å². The summed E-state index contributed by atoms with van der Waals surface area (Å²) in [7, 11) is 4.95. The number of hydrogen-bond donors (Lipinski definition) is 5. The Morgan fingerprint density at radius 3 is 2.60 bits per heavy atom. The smallest absolute Gasteiger partial charge is 0.219 e. The monoisotopic (exact) mass is 690 g/mol. The average molecular weight is 691 g/mol. The van der Waals surface area contributed by atoms with Crippen molar-refractivity contribution in [2.24, 2.45) is 5.73 Å². The van der Waals surface area contributed by atoms with Gasteiger partial charge in [-0.25, -0.2) is 0 Å². The highest BCUT2D eigenvalue weighted by Crippen LogP contribution is 2.26. The van der Waals surface area contributed by atoms with E-state index < -0.39 is 6.04 Å². The van der Waals surface area contributed by atoms with Crippen molar-refractivity contribution in [1.29, 1.82) is 0 Å². The zero-order chi connectivity index (χ0) is 36.3. The Hall–Kier alpha value is -4.41.